The van der Waals surface area contributed by atoms with Gasteiger partial charge in [0.15, 0.2) is 0 Å². The topological polar surface area (TPSA) is 43.4 Å². The highest BCUT2D eigenvalue weighted by molar-refractivity contribution is 7.86. The van der Waals surface area contributed by atoms with Crippen LogP contribution in [0.3, 0.4) is 0 Å². The molecule has 2 aromatic rings. The van der Waals surface area contributed by atoms with E-state index in [-0.39, 0.29) is 11.0 Å². The Hall–Kier alpha value is -1.65. The van der Waals surface area contributed by atoms with E-state index in [1.165, 1.54) is 17.7 Å². The molecule has 3 nitrogen and oxygen atoms in total. The molecule has 0 unspecified atom stereocenters. The third kappa shape index (κ3) is 6.56. The summed E-state index contributed by atoms with van der Waals surface area (Å²) in [4.78, 5) is 0.198. The molecule has 0 spiro atoms. The number of aryl methyl sites for hydroxylation is 1. The summed E-state index contributed by atoms with van der Waals surface area (Å²) < 4.78 is 27.6. The maximum Gasteiger partial charge on any atom is 0.297 e. The largest absolute Gasteiger partial charge is 0.297 e. The van der Waals surface area contributed by atoms with Gasteiger partial charge >= 0.3 is 0 Å². The Morgan fingerprint density at radius 1 is 0.905 bits per heavy atom. The van der Waals surface area contributed by atoms with Gasteiger partial charge in [-0.1, -0.05) is 55.5 Å². The average molecular weight is 306 g/mol. The Labute approximate surface area is 127 Å². The Morgan fingerprint density at radius 2 is 1.38 bits per heavy atom. The molecule has 114 valence electrons. The van der Waals surface area contributed by atoms with Gasteiger partial charge in [0.05, 0.1) is 11.0 Å². The van der Waals surface area contributed by atoms with Gasteiger partial charge in [0.25, 0.3) is 10.1 Å². The lowest BCUT2D eigenvalue weighted by atomic mass is 10.2. The van der Waals surface area contributed by atoms with Crippen LogP contribution >= 0.6 is 0 Å². The molecule has 0 saturated heterocycles. The predicted octanol–water partition coefficient (Wildman–Crippen LogP) is 4.05. The predicted molar refractivity (Wildman–Crippen MR) is 85.7 cm³/mol. The molecule has 0 N–H and O–H groups in total. The lowest BCUT2D eigenvalue weighted by molar-refractivity contribution is 0.249. The molecule has 0 saturated carbocycles. The molecule has 0 amide bonds. The van der Waals surface area contributed by atoms with Gasteiger partial charge in [-0.2, -0.15) is 8.42 Å². The van der Waals surface area contributed by atoms with Crippen LogP contribution in [0.5, 0.6) is 0 Å². The van der Waals surface area contributed by atoms with Crippen molar-refractivity contribution in [2.75, 3.05) is 0 Å². The minimum atomic E-state index is -3.56. The van der Waals surface area contributed by atoms with Crippen LogP contribution in [0.1, 0.15) is 26.3 Å². The zero-order chi connectivity index (χ0) is 15.7. The molecule has 2 aromatic carbocycles. The van der Waals surface area contributed by atoms with E-state index in [4.69, 9.17) is 4.18 Å². The Morgan fingerprint density at radius 3 is 1.76 bits per heavy atom. The quantitative estimate of drug-likeness (QED) is 0.800. The van der Waals surface area contributed by atoms with Gasteiger partial charge in [-0.15, -0.1) is 0 Å². The van der Waals surface area contributed by atoms with Crippen LogP contribution < -0.4 is 0 Å². The molecule has 0 aliphatic heterocycles. The molecule has 0 aliphatic rings. The molecule has 0 aliphatic carbocycles. The van der Waals surface area contributed by atoms with Gasteiger partial charge in [-0.3, -0.25) is 4.18 Å². The fourth-order valence-electron chi connectivity index (χ4n) is 1.61. The van der Waals surface area contributed by atoms with E-state index in [1.807, 2.05) is 6.07 Å². The normalized spacial score (nSPS) is 10.9. The van der Waals surface area contributed by atoms with Crippen LogP contribution in [0.25, 0.3) is 0 Å². The summed E-state index contributed by atoms with van der Waals surface area (Å²) in [6.07, 6.45) is 0.811. The van der Waals surface area contributed by atoms with Crippen molar-refractivity contribution < 1.29 is 12.6 Å². The van der Waals surface area contributed by atoms with Gasteiger partial charge < -0.3 is 0 Å². The molecule has 0 bridgehead atoms. The van der Waals surface area contributed by atoms with E-state index in [0.29, 0.717) is 0 Å². The van der Waals surface area contributed by atoms with Crippen molar-refractivity contribution in [3.63, 3.8) is 0 Å². The molecular formula is C17H22O3S. The van der Waals surface area contributed by atoms with E-state index in [0.717, 1.165) is 6.42 Å². The second-order valence-electron chi connectivity index (χ2n) is 4.75. The number of rotatable bonds is 4. The van der Waals surface area contributed by atoms with Crippen LogP contribution in [0, 0.1) is 0 Å². The summed E-state index contributed by atoms with van der Waals surface area (Å²) in [5.74, 6) is 0. The first-order valence-electron chi connectivity index (χ1n) is 6.98. The van der Waals surface area contributed by atoms with Crippen molar-refractivity contribution in [2.24, 2.45) is 0 Å². The highest BCUT2D eigenvalue weighted by Crippen LogP contribution is 2.12. The summed E-state index contributed by atoms with van der Waals surface area (Å²) in [6.45, 7) is 5.52. The van der Waals surface area contributed by atoms with Gasteiger partial charge in [-0.05, 0) is 38.0 Å². The number of hydrogen-bond acceptors (Lipinski definition) is 3. The molecule has 0 heterocycles. The minimum Gasteiger partial charge on any atom is -0.264 e. The van der Waals surface area contributed by atoms with Crippen LogP contribution in [-0.2, 0) is 20.7 Å². The molecular weight excluding hydrogens is 284 g/mol. The van der Waals surface area contributed by atoms with Crippen molar-refractivity contribution in [3.05, 3.63) is 66.2 Å². The van der Waals surface area contributed by atoms with Gasteiger partial charge in [0.2, 0.25) is 0 Å². The van der Waals surface area contributed by atoms with Gasteiger partial charge in [0.1, 0.15) is 0 Å². The van der Waals surface area contributed by atoms with Crippen molar-refractivity contribution in [1.29, 1.82) is 0 Å². The van der Waals surface area contributed by atoms with E-state index in [2.05, 4.69) is 31.2 Å². The first-order chi connectivity index (χ1) is 9.95. The van der Waals surface area contributed by atoms with E-state index < -0.39 is 10.1 Å². The summed E-state index contributed by atoms with van der Waals surface area (Å²) in [5, 5.41) is 0. The SMILES string of the molecule is CC(C)OS(=O)(=O)c1ccccc1.CCc1ccccc1. The lowest BCUT2D eigenvalue weighted by Gasteiger charge is -2.07. The second kappa shape index (κ2) is 8.60. The van der Waals surface area contributed by atoms with E-state index in [9.17, 15) is 8.42 Å². The minimum absolute atomic E-state index is 0.198. The molecule has 0 aromatic heterocycles. The van der Waals surface area contributed by atoms with Crippen LogP contribution in [0.4, 0.5) is 0 Å². The fourth-order valence-corrected chi connectivity index (χ4v) is 2.72. The van der Waals surface area contributed by atoms with Crippen LogP contribution in [-0.4, -0.2) is 14.5 Å². The van der Waals surface area contributed by atoms with Crippen molar-refractivity contribution >= 4 is 10.1 Å². The van der Waals surface area contributed by atoms with Crippen molar-refractivity contribution in [2.45, 2.75) is 38.2 Å². The monoisotopic (exact) mass is 306 g/mol. The average Bonchev–Trinajstić information content (AvgIpc) is 2.48. The maximum atomic E-state index is 11.4. The zero-order valence-electron chi connectivity index (χ0n) is 12.7. The van der Waals surface area contributed by atoms with Crippen LogP contribution in [0.15, 0.2) is 65.6 Å². The fraction of sp³-hybridized carbons (Fsp3) is 0.294. The highest BCUT2D eigenvalue weighted by atomic mass is 32.2. The molecule has 0 radical (unpaired) electrons. The third-order valence-electron chi connectivity index (χ3n) is 2.60. The van der Waals surface area contributed by atoms with Crippen molar-refractivity contribution in [3.8, 4) is 0 Å². The third-order valence-corrected chi connectivity index (χ3v) is 4.09. The lowest BCUT2D eigenvalue weighted by Crippen LogP contribution is -2.12. The summed E-state index contributed by atoms with van der Waals surface area (Å²) in [7, 11) is -3.56. The first-order valence-corrected chi connectivity index (χ1v) is 8.38. The highest BCUT2D eigenvalue weighted by Gasteiger charge is 2.15. The molecule has 2 rings (SSSR count). The molecule has 0 atom stereocenters. The van der Waals surface area contributed by atoms with E-state index in [1.54, 1.807) is 32.0 Å². The van der Waals surface area contributed by atoms with E-state index >= 15 is 0 Å². The zero-order valence-corrected chi connectivity index (χ0v) is 13.5. The Balaban J connectivity index is 0.000000235. The Kier molecular flexibility index (Phi) is 7.12. The summed E-state index contributed by atoms with van der Waals surface area (Å²) in [6, 6.07) is 18.6. The first kappa shape index (κ1) is 17.4. The molecule has 4 heteroatoms. The summed E-state index contributed by atoms with van der Waals surface area (Å²) >= 11 is 0. The molecule has 21 heavy (non-hydrogen) atoms. The second-order valence-corrected chi connectivity index (χ2v) is 6.32. The number of hydrogen-bond donors (Lipinski definition) is 0. The standard InChI is InChI=1S/C9H12O3S.C8H10/c1-8(2)12-13(10,11)9-6-4-3-5-7-9;1-2-8-6-4-3-5-7-8/h3-8H,1-2H3;3-7H,2H2,1H3. The maximum absolute atomic E-state index is 11.4. The Bertz CT molecular complexity index is 605. The van der Waals surface area contributed by atoms with Gasteiger partial charge in [0, 0.05) is 0 Å². The summed E-state index contributed by atoms with van der Waals surface area (Å²) in [5.41, 5.74) is 1.41. The molecule has 0 fully saturated rings. The van der Waals surface area contributed by atoms with Gasteiger partial charge in [-0.25, -0.2) is 0 Å². The number of benzene rings is 2. The van der Waals surface area contributed by atoms with Crippen molar-refractivity contribution in [1.82, 2.24) is 0 Å². The van der Waals surface area contributed by atoms with Crippen LogP contribution in [0.2, 0.25) is 0 Å². The smallest absolute Gasteiger partial charge is 0.264 e.